The predicted molar refractivity (Wildman–Crippen MR) is 81.3 cm³/mol. The van der Waals surface area contributed by atoms with Gasteiger partial charge in [-0.3, -0.25) is 9.59 Å². The molecule has 1 amide bonds. The van der Waals surface area contributed by atoms with Gasteiger partial charge < -0.3 is 9.64 Å². The quantitative estimate of drug-likeness (QED) is 0.727. The van der Waals surface area contributed by atoms with Crippen LogP contribution in [0.5, 0.6) is 0 Å². The van der Waals surface area contributed by atoms with Crippen molar-refractivity contribution in [1.29, 1.82) is 0 Å². The summed E-state index contributed by atoms with van der Waals surface area (Å²) in [6, 6.07) is 1.98. The van der Waals surface area contributed by atoms with Crippen molar-refractivity contribution in [3.05, 3.63) is 21.4 Å². The van der Waals surface area contributed by atoms with Gasteiger partial charge in [0.15, 0.2) is 0 Å². The number of thiophene rings is 1. The molecule has 1 aromatic heterocycles. The highest BCUT2D eigenvalue weighted by Crippen LogP contribution is 2.23. The highest BCUT2D eigenvalue weighted by Gasteiger charge is 2.17. The molecule has 1 aromatic rings. The smallest absolute Gasteiger partial charge is 0.307 e. The topological polar surface area (TPSA) is 46.6 Å². The van der Waals surface area contributed by atoms with Crippen LogP contribution in [0.15, 0.2) is 6.07 Å². The van der Waals surface area contributed by atoms with E-state index in [-0.39, 0.29) is 18.3 Å². The summed E-state index contributed by atoms with van der Waals surface area (Å²) in [5, 5.41) is 0. The number of amides is 1. The third-order valence-corrected chi connectivity index (χ3v) is 4.13. The van der Waals surface area contributed by atoms with Crippen LogP contribution in [0.4, 0.5) is 0 Å². The highest BCUT2D eigenvalue weighted by atomic mass is 32.1. The Balaban J connectivity index is 2.60. The predicted octanol–water partition coefficient (Wildman–Crippen LogP) is 3.03. The molecule has 0 radical (unpaired) electrons. The van der Waals surface area contributed by atoms with Crippen molar-refractivity contribution in [1.82, 2.24) is 4.90 Å². The van der Waals surface area contributed by atoms with E-state index in [4.69, 9.17) is 4.74 Å². The van der Waals surface area contributed by atoms with Crippen molar-refractivity contribution >= 4 is 23.2 Å². The van der Waals surface area contributed by atoms with Crippen LogP contribution in [-0.2, 0) is 16.0 Å². The molecule has 4 nitrogen and oxygen atoms in total. The normalized spacial score (nSPS) is 10.4. The van der Waals surface area contributed by atoms with Crippen molar-refractivity contribution in [3.8, 4) is 0 Å². The third-order valence-electron chi connectivity index (χ3n) is 3.05. The van der Waals surface area contributed by atoms with Gasteiger partial charge in [0.25, 0.3) is 5.91 Å². The van der Waals surface area contributed by atoms with E-state index in [1.807, 2.05) is 13.0 Å². The maximum atomic E-state index is 12.3. The van der Waals surface area contributed by atoms with E-state index in [0.29, 0.717) is 13.2 Å². The molecule has 5 heteroatoms. The first-order valence-electron chi connectivity index (χ1n) is 7.00. The summed E-state index contributed by atoms with van der Waals surface area (Å²) in [5.74, 6) is -0.286. The highest BCUT2D eigenvalue weighted by molar-refractivity contribution is 7.14. The second-order valence-corrected chi connectivity index (χ2v) is 5.98. The van der Waals surface area contributed by atoms with Crippen LogP contribution < -0.4 is 0 Å². The summed E-state index contributed by atoms with van der Waals surface area (Å²) in [6.45, 7) is 6.71. The zero-order chi connectivity index (χ0) is 15.1. The Labute approximate surface area is 124 Å². The molecular weight excluding hydrogens is 274 g/mol. The van der Waals surface area contributed by atoms with E-state index in [1.165, 1.54) is 21.8 Å². The zero-order valence-electron chi connectivity index (χ0n) is 12.7. The molecule has 20 heavy (non-hydrogen) atoms. The molecule has 0 fully saturated rings. The third kappa shape index (κ3) is 4.63. The molecule has 0 bridgehead atoms. The lowest BCUT2D eigenvalue weighted by Gasteiger charge is -2.15. The fourth-order valence-corrected chi connectivity index (χ4v) is 2.99. The average molecular weight is 297 g/mol. The molecular formula is C15H23NO3S. The van der Waals surface area contributed by atoms with Gasteiger partial charge in [0.1, 0.15) is 0 Å². The lowest BCUT2D eigenvalue weighted by Crippen LogP contribution is -2.28. The minimum atomic E-state index is -0.263. The van der Waals surface area contributed by atoms with Crippen molar-refractivity contribution in [2.45, 2.75) is 40.0 Å². The number of nitrogens with zero attached hydrogens (tertiary/aromatic N) is 1. The molecule has 0 unspecified atom stereocenters. The Morgan fingerprint density at radius 1 is 1.35 bits per heavy atom. The summed E-state index contributed by atoms with van der Waals surface area (Å²) >= 11 is 1.53. The first-order chi connectivity index (χ1) is 9.49. The lowest BCUT2D eigenvalue weighted by atomic mass is 10.1. The number of carbonyl (C=O) groups is 2. The molecule has 1 heterocycles. The molecule has 0 aromatic carbocycles. The van der Waals surface area contributed by atoms with E-state index in [0.717, 1.165) is 17.7 Å². The van der Waals surface area contributed by atoms with Crippen molar-refractivity contribution in [2.75, 3.05) is 20.2 Å². The van der Waals surface area contributed by atoms with Crippen molar-refractivity contribution < 1.29 is 14.3 Å². The second kappa shape index (κ2) is 8.04. The number of hydrogen-bond donors (Lipinski definition) is 0. The van der Waals surface area contributed by atoms with Crippen LogP contribution in [0.1, 0.15) is 46.8 Å². The molecule has 0 aliphatic heterocycles. The minimum Gasteiger partial charge on any atom is -0.466 e. The van der Waals surface area contributed by atoms with E-state index in [2.05, 4.69) is 6.92 Å². The van der Waals surface area contributed by atoms with Crippen LogP contribution in [-0.4, -0.2) is 37.0 Å². The number of carbonyl (C=O) groups excluding carboxylic acids is 2. The van der Waals surface area contributed by atoms with E-state index in [1.54, 1.807) is 18.9 Å². The number of esters is 1. The minimum absolute atomic E-state index is 0.0234. The summed E-state index contributed by atoms with van der Waals surface area (Å²) in [6.07, 6.45) is 2.31. The largest absolute Gasteiger partial charge is 0.466 e. The maximum absolute atomic E-state index is 12.3. The number of aryl methyl sites for hydroxylation is 2. The first kappa shape index (κ1) is 16.7. The van der Waals surface area contributed by atoms with Crippen molar-refractivity contribution in [2.24, 2.45) is 0 Å². The first-order valence-corrected chi connectivity index (χ1v) is 7.81. The van der Waals surface area contributed by atoms with Crippen LogP contribution in [0.25, 0.3) is 0 Å². The Bertz CT molecular complexity index is 468. The molecule has 0 aliphatic carbocycles. The van der Waals surface area contributed by atoms with Crippen LogP contribution in [0.2, 0.25) is 0 Å². The van der Waals surface area contributed by atoms with E-state index < -0.39 is 0 Å². The summed E-state index contributed by atoms with van der Waals surface area (Å²) < 4.78 is 4.86. The monoisotopic (exact) mass is 297 g/mol. The van der Waals surface area contributed by atoms with Crippen LogP contribution in [0, 0.1) is 6.92 Å². The van der Waals surface area contributed by atoms with Gasteiger partial charge in [0.05, 0.1) is 17.9 Å². The Hall–Kier alpha value is -1.36. The lowest BCUT2D eigenvalue weighted by molar-refractivity contribution is -0.143. The average Bonchev–Trinajstić information content (AvgIpc) is 2.77. The summed E-state index contributed by atoms with van der Waals surface area (Å²) in [5.41, 5.74) is 1.25. The Kier molecular flexibility index (Phi) is 6.71. The Morgan fingerprint density at radius 2 is 2.05 bits per heavy atom. The standard InChI is InChI=1S/C15H23NO3S/c1-5-7-12-10-13(20-11(12)3)15(18)16(4)9-8-14(17)19-6-2/h10H,5-9H2,1-4H3. The molecule has 1 rings (SSSR count). The fraction of sp³-hybridized carbons (Fsp3) is 0.600. The second-order valence-electron chi connectivity index (χ2n) is 4.72. The molecule has 112 valence electrons. The maximum Gasteiger partial charge on any atom is 0.307 e. The molecule has 0 atom stereocenters. The number of rotatable bonds is 7. The Morgan fingerprint density at radius 3 is 2.65 bits per heavy atom. The number of hydrogen-bond acceptors (Lipinski definition) is 4. The van der Waals surface area contributed by atoms with Gasteiger partial charge in [-0.2, -0.15) is 0 Å². The summed E-state index contributed by atoms with van der Waals surface area (Å²) in [4.78, 5) is 27.1. The van der Waals surface area contributed by atoms with Crippen molar-refractivity contribution in [3.63, 3.8) is 0 Å². The fourth-order valence-electron chi connectivity index (χ4n) is 1.92. The van der Waals surface area contributed by atoms with Crippen LogP contribution >= 0.6 is 11.3 Å². The number of ether oxygens (including phenoxy) is 1. The molecule has 0 spiro atoms. The van der Waals surface area contributed by atoms with E-state index in [9.17, 15) is 9.59 Å². The van der Waals surface area contributed by atoms with Gasteiger partial charge in [0.2, 0.25) is 0 Å². The van der Waals surface area contributed by atoms with Gasteiger partial charge in [-0.25, -0.2) is 0 Å². The van der Waals surface area contributed by atoms with Crippen LogP contribution in [0.3, 0.4) is 0 Å². The van der Waals surface area contributed by atoms with Gasteiger partial charge in [-0.15, -0.1) is 11.3 Å². The van der Waals surface area contributed by atoms with Gasteiger partial charge >= 0.3 is 5.97 Å². The SMILES string of the molecule is CCCc1cc(C(=O)N(C)CCC(=O)OCC)sc1C. The van der Waals surface area contributed by atoms with E-state index >= 15 is 0 Å². The molecule has 0 N–H and O–H groups in total. The zero-order valence-corrected chi connectivity index (χ0v) is 13.5. The molecule has 0 saturated heterocycles. The summed E-state index contributed by atoms with van der Waals surface area (Å²) in [7, 11) is 1.72. The molecule has 0 aliphatic rings. The molecule has 0 saturated carbocycles. The van der Waals surface area contributed by atoms with Gasteiger partial charge in [0, 0.05) is 18.5 Å². The van der Waals surface area contributed by atoms with Gasteiger partial charge in [-0.05, 0) is 31.9 Å². The van der Waals surface area contributed by atoms with Gasteiger partial charge in [-0.1, -0.05) is 13.3 Å².